The van der Waals surface area contributed by atoms with Crippen LogP contribution in [0, 0.1) is 0 Å². The van der Waals surface area contributed by atoms with Crippen LogP contribution in [0.3, 0.4) is 0 Å². The molecule has 1 saturated heterocycles. The largest absolute Gasteiger partial charge is 0.468 e. The third-order valence-corrected chi connectivity index (χ3v) is 4.07. The summed E-state index contributed by atoms with van der Waals surface area (Å²) in [6.07, 6.45) is 0. The lowest BCUT2D eigenvalue weighted by molar-refractivity contribution is -0.142. The van der Waals surface area contributed by atoms with E-state index in [0.717, 1.165) is 0 Å². The molecule has 1 aliphatic heterocycles. The molecule has 5 nitrogen and oxygen atoms in total. The van der Waals surface area contributed by atoms with Crippen molar-refractivity contribution in [3.63, 3.8) is 0 Å². The van der Waals surface area contributed by atoms with Crippen LogP contribution in [-0.2, 0) is 14.3 Å². The highest BCUT2D eigenvalue weighted by molar-refractivity contribution is 8.02. The third kappa shape index (κ3) is 2.96. The lowest BCUT2D eigenvalue weighted by Gasteiger charge is -2.11. The summed E-state index contributed by atoms with van der Waals surface area (Å²) in [6.45, 7) is 0. The van der Waals surface area contributed by atoms with Crippen LogP contribution in [0.5, 0.6) is 0 Å². The molecule has 1 amide bonds. The Balaban J connectivity index is 2.00. The zero-order chi connectivity index (χ0) is 13.8. The van der Waals surface area contributed by atoms with Gasteiger partial charge in [0.1, 0.15) is 0 Å². The number of carbonyl (C=O) groups excluding carboxylic acids is 3. The first kappa shape index (κ1) is 13.6. The van der Waals surface area contributed by atoms with Crippen LogP contribution in [-0.4, -0.2) is 41.8 Å². The van der Waals surface area contributed by atoms with Gasteiger partial charge in [-0.25, -0.2) is 0 Å². The maximum atomic E-state index is 11.9. The highest BCUT2D eigenvalue weighted by Gasteiger charge is 2.41. The molecule has 100 valence electrons. The van der Waals surface area contributed by atoms with Gasteiger partial charge in [-0.2, -0.15) is 0 Å². The number of hydrogen-bond acceptors (Lipinski definition) is 5. The number of benzene rings is 1. The summed E-state index contributed by atoms with van der Waals surface area (Å²) in [5.41, 5.74) is 0.488. The number of carbonyl (C=O) groups is 3. The number of ketones is 1. The van der Waals surface area contributed by atoms with Gasteiger partial charge in [0.05, 0.1) is 13.2 Å². The zero-order valence-corrected chi connectivity index (χ0v) is 11.1. The Labute approximate surface area is 114 Å². The van der Waals surface area contributed by atoms with Crippen LogP contribution in [0.2, 0.25) is 0 Å². The molecule has 1 fully saturated rings. The monoisotopic (exact) mass is 279 g/mol. The second kappa shape index (κ2) is 5.88. The van der Waals surface area contributed by atoms with Crippen molar-refractivity contribution in [1.82, 2.24) is 5.32 Å². The first-order chi connectivity index (χ1) is 9.13. The number of methoxy groups -OCH3 is 1. The van der Waals surface area contributed by atoms with Gasteiger partial charge >= 0.3 is 5.97 Å². The highest BCUT2D eigenvalue weighted by Crippen LogP contribution is 2.24. The second-order valence-corrected chi connectivity index (χ2v) is 5.17. The van der Waals surface area contributed by atoms with Gasteiger partial charge in [-0.3, -0.25) is 14.4 Å². The van der Waals surface area contributed by atoms with Crippen molar-refractivity contribution in [2.24, 2.45) is 0 Å². The fraction of sp³-hybridized carbons (Fsp3) is 0.308. The summed E-state index contributed by atoms with van der Waals surface area (Å²) < 4.78 is 4.55. The van der Waals surface area contributed by atoms with Gasteiger partial charge in [-0.1, -0.05) is 18.2 Å². The molecule has 0 bridgehead atoms. The van der Waals surface area contributed by atoms with Crippen molar-refractivity contribution in [3.05, 3.63) is 35.9 Å². The van der Waals surface area contributed by atoms with E-state index in [9.17, 15) is 14.4 Å². The average molecular weight is 279 g/mol. The van der Waals surface area contributed by atoms with Crippen molar-refractivity contribution >= 4 is 29.4 Å². The fourth-order valence-electron chi connectivity index (χ4n) is 1.77. The van der Waals surface area contributed by atoms with Crippen LogP contribution in [0.25, 0.3) is 0 Å². The number of rotatable bonds is 3. The van der Waals surface area contributed by atoms with Crippen LogP contribution in [0.15, 0.2) is 30.3 Å². The summed E-state index contributed by atoms with van der Waals surface area (Å²) >= 11 is 1.19. The molecule has 2 atom stereocenters. The maximum Gasteiger partial charge on any atom is 0.326 e. The number of Topliss-reactive ketones (excluding diaryl/α,β-unsaturated/α-hetero) is 1. The quantitative estimate of drug-likeness (QED) is 0.649. The summed E-state index contributed by atoms with van der Waals surface area (Å²) in [7, 11) is 1.24. The second-order valence-electron chi connectivity index (χ2n) is 4.03. The molecular formula is C13H13NO4S. The van der Waals surface area contributed by atoms with E-state index in [4.69, 9.17) is 0 Å². The van der Waals surface area contributed by atoms with Crippen molar-refractivity contribution in [2.45, 2.75) is 11.3 Å². The fourth-order valence-corrected chi connectivity index (χ4v) is 2.97. The molecule has 1 heterocycles. The molecule has 0 aromatic heterocycles. The number of ether oxygens (including phenoxy) is 1. The molecule has 1 aliphatic rings. The highest BCUT2D eigenvalue weighted by atomic mass is 32.2. The van der Waals surface area contributed by atoms with Crippen LogP contribution < -0.4 is 5.32 Å². The molecule has 1 N–H and O–H groups in total. The molecule has 1 aromatic rings. The van der Waals surface area contributed by atoms with Gasteiger partial charge in [0.2, 0.25) is 0 Å². The van der Waals surface area contributed by atoms with Gasteiger partial charge in [-0.15, -0.1) is 11.8 Å². The minimum atomic E-state index is -0.828. The molecule has 0 saturated carbocycles. The predicted molar refractivity (Wildman–Crippen MR) is 71.0 cm³/mol. The molecule has 19 heavy (non-hydrogen) atoms. The molecule has 6 heteroatoms. The Bertz CT molecular complexity index is 503. The number of thioether (sulfide) groups is 1. The van der Waals surface area contributed by atoms with Crippen LogP contribution >= 0.6 is 11.8 Å². The lowest BCUT2D eigenvalue weighted by Crippen LogP contribution is -2.42. The Kier molecular flexibility index (Phi) is 4.21. The minimum Gasteiger partial charge on any atom is -0.468 e. The van der Waals surface area contributed by atoms with Crippen molar-refractivity contribution < 1.29 is 19.1 Å². The molecular weight excluding hydrogens is 266 g/mol. The zero-order valence-electron chi connectivity index (χ0n) is 10.3. The lowest BCUT2D eigenvalue weighted by atomic mass is 10.1. The SMILES string of the molecule is COC(=O)[C@@H]1SC[C@@H](NC(=O)c2ccccc2)C1=O. The van der Waals surface area contributed by atoms with E-state index in [1.165, 1.54) is 18.9 Å². The van der Waals surface area contributed by atoms with Gasteiger partial charge in [0.15, 0.2) is 11.0 Å². The van der Waals surface area contributed by atoms with Crippen molar-refractivity contribution in [1.29, 1.82) is 0 Å². The topological polar surface area (TPSA) is 72.5 Å². The number of hydrogen-bond donors (Lipinski definition) is 1. The van der Waals surface area contributed by atoms with E-state index in [1.54, 1.807) is 30.3 Å². The van der Waals surface area contributed by atoms with E-state index in [1.807, 2.05) is 0 Å². The molecule has 0 unspecified atom stereocenters. The van der Waals surface area contributed by atoms with Gasteiger partial charge in [0.25, 0.3) is 5.91 Å². The van der Waals surface area contributed by atoms with E-state index >= 15 is 0 Å². The number of amides is 1. The maximum absolute atomic E-state index is 11.9. The molecule has 0 spiro atoms. The van der Waals surface area contributed by atoms with E-state index in [2.05, 4.69) is 10.1 Å². The summed E-state index contributed by atoms with van der Waals surface area (Å²) in [5.74, 6) is -0.797. The third-order valence-electron chi connectivity index (χ3n) is 2.79. The average Bonchev–Trinajstić information content (AvgIpc) is 2.80. The summed E-state index contributed by atoms with van der Waals surface area (Å²) in [5, 5.41) is 1.81. The summed E-state index contributed by atoms with van der Waals surface area (Å²) in [4.78, 5) is 35.2. The van der Waals surface area contributed by atoms with Crippen molar-refractivity contribution in [2.75, 3.05) is 12.9 Å². The molecule has 0 radical (unpaired) electrons. The predicted octanol–water partition coefficient (Wildman–Crippen LogP) is 0.642. The minimum absolute atomic E-state index is 0.305. The smallest absolute Gasteiger partial charge is 0.326 e. The van der Waals surface area contributed by atoms with Gasteiger partial charge < -0.3 is 10.1 Å². The Morgan fingerprint density at radius 1 is 1.32 bits per heavy atom. The molecule has 0 aliphatic carbocycles. The van der Waals surface area contributed by atoms with Crippen LogP contribution in [0.1, 0.15) is 10.4 Å². The van der Waals surface area contributed by atoms with E-state index < -0.39 is 17.3 Å². The Morgan fingerprint density at radius 2 is 2.00 bits per heavy atom. The van der Waals surface area contributed by atoms with Gasteiger partial charge in [-0.05, 0) is 12.1 Å². The first-order valence-corrected chi connectivity index (χ1v) is 6.77. The standard InChI is InChI=1S/C13H13NO4S/c1-18-13(17)11-10(15)9(7-19-11)14-12(16)8-5-3-2-4-6-8/h2-6,9,11H,7H2,1H3,(H,14,16)/t9-,11-/m1/s1. The molecule has 2 rings (SSSR count). The van der Waals surface area contributed by atoms with Gasteiger partial charge in [0, 0.05) is 11.3 Å². The Hall–Kier alpha value is -1.82. The summed E-state index contributed by atoms with van der Waals surface area (Å²) in [6, 6.07) is 8.00. The van der Waals surface area contributed by atoms with Crippen molar-refractivity contribution in [3.8, 4) is 0 Å². The first-order valence-electron chi connectivity index (χ1n) is 5.72. The van der Waals surface area contributed by atoms with E-state index in [0.29, 0.717) is 11.3 Å². The van der Waals surface area contributed by atoms with Crippen LogP contribution in [0.4, 0.5) is 0 Å². The molecule has 1 aromatic carbocycles. The number of nitrogens with one attached hydrogen (secondary N) is 1. The van der Waals surface area contributed by atoms with E-state index in [-0.39, 0.29) is 11.7 Å². The normalized spacial score (nSPS) is 22.1. The number of esters is 1. The Morgan fingerprint density at radius 3 is 2.63 bits per heavy atom.